The summed E-state index contributed by atoms with van der Waals surface area (Å²) in [6.45, 7) is 5.02. The highest BCUT2D eigenvalue weighted by atomic mass is 16.2. The van der Waals surface area contributed by atoms with Crippen LogP contribution in [-0.2, 0) is 14.4 Å². The van der Waals surface area contributed by atoms with E-state index in [-0.39, 0.29) is 36.3 Å². The molecule has 1 aromatic carbocycles. The van der Waals surface area contributed by atoms with E-state index in [0.29, 0.717) is 26.1 Å². The fourth-order valence-electron chi connectivity index (χ4n) is 4.33. The number of amides is 3. The van der Waals surface area contributed by atoms with Crippen LogP contribution in [-0.4, -0.2) is 83.7 Å². The summed E-state index contributed by atoms with van der Waals surface area (Å²) in [6.07, 6.45) is 4.73. The Morgan fingerprint density at radius 3 is 2.76 bits per heavy atom. The molecule has 2 atom stereocenters. The first-order valence-electron chi connectivity index (χ1n) is 11.6. The Bertz CT molecular complexity index is 987. The van der Waals surface area contributed by atoms with Gasteiger partial charge in [0.15, 0.2) is 6.19 Å². The number of anilines is 1. The number of aliphatic imine (C=N–C) groups is 1. The SMILES string of the molecule is CC(=O)N(C)C1CCN(C(=O)CN2CCCCC(N=C(NC#N)Nc3cccc(C)c3)C2=O)C1. The van der Waals surface area contributed by atoms with E-state index in [1.165, 1.54) is 6.92 Å². The van der Waals surface area contributed by atoms with Crippen molar-refractivity contribution < 1.29 is 14.4 Å². The molecule has 10 heteroatoms. The van der Waals surface area contributed by atoms with Crippen LogP contribution in [0.3, 0.4) is 0 Å². The number of benzene rings is 1. The van der Waals surface area contributed by atoms with Crippen LogP contribution in [0.15, 0.2) is 29.3 Å². The first-order chi connectivity index (χ1) is 16.3. The number of likely N-dealkylation sites (N-methyl/N-ethyl adjacent to an activating group) is 1. The van der Waals surface area contributed by atoms with E-state index in [4.69, 9.17) is 5.26 Å². The largest absolute Gasteiger partial charge is 0.341 e. The third-order valence-corrected chi connectivity index (χ3v) is 6.38. The molecular formula is C24H33N7O3. The van der Waals surface area contributed by atoms with E-state index in [0.717, 1.165) is 30.5 Å². The molecule has 3 amide bonds. The molecule has 0 radical (unpaired) electrons. The number of carbonyl (C=O) groups is 3. The van der Waals surface area contributed by atoms with Gasteiger partial charge in [-0.2, -0.15) is 5.26 Å². The molecule has 2 N–H and O–H groups in total. The van der Waals surface area contributed by atoms with E-state index in [2.05, 4.69) is 15.6 Å². The Kier molecular flexibility index (Phi) is 8.46. The van der Waals surface area contributed by atoms with Crippen molar-refractivity contribution in [2.24, 2.45) is 4.99 Å². The maximum atomic E-state index is 13.3. The summed E-state index contributed by atoms with van der Waals surface area (Å²) < 4.78 is 0. The van der Waals surface area contributed by atoms with Gasteiger partial charge >= 0.3 is 0 Å². The number of aryl methyl sites for hydroxylation is 1. The quantitative estimate of drug-likeness (QED) is 0.291. The van der Waals surface area contributed by atoms with Gasteiger partial charge in [-0.25, -0.2) is 4.99 Å². The monoisotopic (exact) mass is 467 g/mol. The van der Waals surface area contributed by atoms with E-state index in [9.17, 15) is 14.4 Å². The van der Waals surface area contributed by atoms with Crippen molar-refractivity contribution in [3.05, 3.63) is 29.8 Å². The number of nitriles is 1. The summed E-state index contributed by atoms with van der Waals surface area (Å²) in [5, 5.41) is 14.8. The zero-order valence-corrected chi connectivity index (χ0v) is 20.1. The minimum atomic E-state index is -0.682. The highest BCUT2D eigenvalue weighted by Crippen LogP contribution is 2.19. The lowest BCUT2D eigenvalue weighted by Crippen LogP contribution is -2.46. The van der Waals surface area contributed by atoms with Gasteiger partial charge in [-0.3, -0.25) is 19.7 Å². The molecule has 2 saturated heterocycles. The van der Waals surface area contributed by atoms with Crippen molar-refractivity contribution in [1.29, 1.82) is 5.26 Å². The van der Waals surface area contributed by atoms with Crippen molar-refractivity contribution >= 4 is 29.4 Å². The molecule has 1 aromatic rings. The second-order valence-electron chi connectivity index (χ2n) is 8.89. The lowest BCUT2D eigenvalue weighted by atomic mass is 10.1. The lowest BCUT2D eigenvalue weighted by Gasteiger charge is -2.26. The Morgan fingerprint density at radius 1 is 1.26 bits per heavy atom. The molecule has 34 heavy (non-hydrogen) atoms. The number of hydrogen-bond donors (Lipinski definition) is 2. The summed E-state index contributed by atoms with van der Waals surface area (Å²) >= 11 is 0. The van der Waals surface area contributed by atoms with Crippen LogP contribution in [0.1, 0.15) is 38.2 Å². The maximum absolute atomic E-state index is 13.3. The summed E-state index contributed by atoms with van der Waals surface area (Å²) in [7, 11) is 1.75. The van der Waals surface area contributed by atoms with Crippen molar-refractivity contribution in [2.75, 3.05) is 38.5 Å². The molecule has 0 aliphatic carbocycles. The van der Waals surface area contributed by atoms with Crippen LogP contribution >= 0.6 is 0 Å². The highest BCUT2D eigenvalue weighted by Gasteiger charge is 2.33. The molecule has 2 aliphatic heterocycles. The maximum Gasteiger partial charge on any atom is 0.247 e. The van der Waals surface area contributed by atoms with Crippen molar-refractivity contribution in [3.8, 4) is 6.19 Å². The zero-order chi connectivity index (χ0) is 24.7. The number of hydrogen-bond acceptors (Lipinski definition) is 5. The van der Waals surface area contributed by atoms with Gasteiger partial charge in [0, 0.05) is 39.3 Å². The van der Waals surface area contributed by atoms with Crippen molar-refractivity contribution in [1.82, 2.24) is 20.0 Å². The summed E-state index contributed by atoms with van der Waals surface area (Å²) in [6, 6.07) is 6.95. The van der Waals surface area contributed by atoms with Gasteiger partial charge in [-0.05, 0) is 50.3 Å². The van der Waals surface area contributed by atoms with E-state index in [1.807, 2.05) is 37.4 Å². The van der Waals surface area contributed by atoms with Gasteiger partial charge in [-0.15, -0.1) is 0 Å². The number of carbonyl (C=O) groups excluding carboxylic acids is 3. The molecule has 0 aromatic heterocycles. The fourth-order valence-corrected chi connectivity index (χ4v) is 4.33. The normalized spacial score (nSPS) is 21.0. The predicted molar refractivity (Wildman–Crippen MR) is 129 cm³/mol. The van der Waals surface area contributed by atoms with Crippen molar-refractivity contribution in [3.63, 3.8) is 0 Å². The van der Waals surface area contributed by atoms with Gasteiger partial charge in [0.1, 0.15) is 6.04 Å². The van der Waals surface area contributed by atoms with Gasteiger partial charge in [0.25, 0.3) is 0 Å². The van der Waals surface area contributed by atoms with Gasteiger partial charge in [-0.1, -0.05) is 12.1 Å². The van der Waals surface area contributed by atoms with E-state index in [1.54, 1.807) is 21.7 Å². The molecule has 2 aliphatic rings. The first-order valence-corrected chi connectivity index (χ1v) is 11.6. The summed E-state index contributed by atoms with van der Waals surface area (Å²) in [5.74, 6) is -0.158. The third kappa shape index (κ3) is 6.47. The topological polar surface area (TPSA) is 121 Å². The molecular weight excluding hydrogens is 434 g/mol. The average molecular weight is 468 g/mol. The molecule has 2 unspecified atom stereocenters. The van der Waals surface area contributed by atoms with Gasteiger partial charge < -0.3 is 20.0 Å². The Balaban J connectivity index is 1.67. The fraction of sp³-hybridized carbons (Fsp3) is 0.542. The van der Waals surface area contributed by atoms with Crippen LogP contribution in [0.4, 0.5) is 5.69 Å². The van der Waals surface area contributed by atoms with Crippen LogP contribution in [0, 0.1) is 18.4 Å². The second kappa shape index (κ2) is 11.5. The van der Waals surface area contributed by atoms with E-state index >= 15 is 0 Å². The molecule has 0 spiro atoms. The van der Waals surface area contributed by atoms with Gasteiger partial charge in [0.05, 0.1) is 12.6 Å². The summed E-state index contributed by atoms with van der Waals surface area (Å²) in [4.78, 5) is 47.3. The molecule has 0 saturated carbocycles. The smallest absolute Gasteiger partial charge is 0.247 e. The average Bonchev–Trinajstić information content (AvgIpc) is 3.23. The molecule has 2 fully saturated rings. The van der Waals surface area contributed by atoms with Crippen molar-refractivity contribution in [2.45, 2.75) is 51.6 Å². The molecule has 3 rings (SSSR count). The number of nitrogens with zero attached hydrogens (tertiary/aromatic N) is 5. The van der Waals surface area contributed by atoms with Crippen LogP contribution in [0.2, 0.25) is 0 Å². The molecule has 182 valence electrons. The highest BCUT2D eigenvalue weighted by molar-refractivity contribution is 5.97. The van der Waals surface area contributed by atoms with Crippen LogP contribution in [0.25, 0.3) is 0 Å². The Morgan fingerprint density at radius 2 is 2.06 bits per heavy atom. The number of likely N-dealkylation sites (tertiary alicyclic amines) is 2. The summed E-state index contributed by atoms with van der Waals surface area (Å²) in [5.41, 5.74) is 1.81. The predicted octanol–water partition coefficient (Wildman–Crippen LogP) is 1.29. The van der Waals surface area contributed by atoms with E-state index < -0.39 is 6.04 Å². The number of nitrogens with one attached hydrogen (secondary N) is 2. The molecule has 0 bridgehead atoms. The second-order valence-corrected chi connectivity index (χ2v) is 8.89. The van der Waals surface area contributed by atoms with Crippen LogP contribution in [0.5, 0.6) is 0 Å². The Labute approximate surface area is 200 Å². The number of guanidine groups is 1. The third-order valence-electron chi connectivity index (χ3n) is 6.38. The zero-order valence-electron chi connectivity index (χ0n) is 20.1. The lowest BCUT2D eigenvalue weighted by molar-refractivity contribution is -0.140. The Hall–Kier alpha value is -3.61. The minimum Gasteiger partial charge on any atom is -0.341 e. The standard InChI is InChI=1S/C24H33N7O3/c1-17-7-6-8-19(13-17)27-24(26-16-25)28-21-9-4-5-11-31(23(21)34)15-22(33)30-12-10-20(14-30)29(3)18(2)32/h6-8,13,20-21H,4-5,9-12,14-15H2,1-3H3,(H2,26,27,28). The minimum absolute atomic E-state index is 0.00551. The van der Waals surface area contributed by atoms with Gasteiger partial charge in [0.2, 0.25) is 23.7 Å². The molecule has 2 heterocycles. The first kappa shape index (κ1) is 25.0. The number of rotatable bonds is 5. The van der Waals surface area contributed by atoms with Crippen LogP contribution < -0.4 is 10.6 Å². The molecule has 10 nitrogen and oxygen atoms in total.